The molecular formula is C14H21N5O. The summed E-state index contributed by atoms with van der Waals surface area (Å²) in [5.41, 5.74) is 2.28. The van der Waals surface area contributed by atoms with Gasteiger partial charge in [-0.1, -0.05) is 6.92 Å². The van der Waals surface area contributed by atoms with E-state index in [1.807, 2.05) is 20.0 Å². The van der Waals surface area contributed by atoms with Crippen LogP contribution < -0.4 is 10.9 Å². The molecule has 6 heteroatoms. The van der Waals surface area contributed by atoms with E-state index in [-0.39, 0.29) is 5.56 Å². The molecule has 2 N–H and O–H groups in total. The second-order valence-corrected chi connectivity index (χ2v) is 4.82. The Kier molecular flexibility index (Phi) is 4.92. The number of aromatic nitrogens is 4. The third kappa shape index (κ3) is 3.46. The summed E-state index contributed by atoms with van der Waals surface area (Å²) >= 11 is 0. The molecule has 0 saturated heterocycles. The molecule has 2 aromatic rings. The first-order valence-corrected chi connectivity index (χ1v) is 7.00. The third-order valence-electron chi connectivity index (χ3n) is 3.23. The van der Waals surface area contributed by atoms with Gasteiger partial charge in [0.15, 0.2) is 5.82 Å². The lowest BCUT2D eigenvalue weighted by Crippen LogP contribution is -2.24. The smallest absolute Gasteiger partial charge is 0.293 e. The van der Waals surface area contributed by atoms with Crippen LogP contribution in [0.25, 0.3) is 0 Å². The van der Waals surface area contributed by atoms with E-state index in [1.165, 1.54) is 5.56 Å². The quantitative estimate of drug-likeness (QED) is 0.755. The fourth-order valence-corrected chi connectivity index (χ4v) is 2.10. The number of nitrogens with one attached hydrogen (secondary N) is 2. The van der Waals surface area contributed by atoms with Gasteiger partial charge >= 0.3 is 0 Å². The largest absolute Gasteiger partial charge is 0.365 e. The van der Waals surface area contributed by atoms with Crippen molar-refractivity contribution in [3.05, 3.63) is 40.2 Å². The molecule has 0 aromatic carbocycles. The average Bonchev–Trinajstić information content (AvgIpc) is 2.84. The predicted molar refractivity (Wildman–Crippen MR) is 78.9 cm³/mol. The minimum absolute atomic E-state index is 0.0474. The van der Waals surface area contributed by atoms with Crippen LogP contribution in [0.1, 0.15) is 31.0 Å². The van der Waals surface area contributed by atoms with Gasteiger partial charge in [-0.25, -0.2) is 4.98 Å². The fourth-order valence-electron chi connectivity index (χ4n) is 2.10. The topological polar surface area (TPSA) is 75.6 Å². The molecule has 6 nitrogen and oxygen atoms in total. The molecule has 0 fully saturated rings. The Balaban J connectivity index is 1.87. The molecule has 2 heterocycles. The zero-order valence-electron chi connectivity index (χ0n) is 12.0. The number of anilines is 1. The van der Waals surface area contributed by atoms with Crippen molar-refractivity contribution >= 4 is 5.82 Å². The normalized spacial score (nSPS) is 10.7. The molecule has 20 heavy (non-hydrogen) atoms. The summed E-state index contributed by atoms with van der Waals surface area (Å²) in [5, 5.41) is 10.0. The molecular weight excluding hydrogens is 254 g/mol. The van der Waals surface area contributed by atoms with Crippen molar-refractivity contribution in [2.75, 3.05) is 11.9 Å². The van der Waals surface area contributed by atoms with Crippen molar-refractivity contribution in [2.24, 2.45) is 0 Å². The van der Waals surface area contributed by atoms with Crippen molar-refractivity contribution < 1.29 is 0 Å². The lowest BCUT2D eigenvalue weighted by Gasteiger charge is -2.08. The van der Waals surface area contributed by atoms with Crippen LogP contribution >= 0.6 is 0 Å². The van der Waals surface area contributed by atoms with Gasteiger partial charge in [0, 0.05) is 31.2 Å². The summed E-state index contributed by atoms with van der Waals surface area (Å²) in [7, 11) is 0. The van der Waals surface area contributed by atoms with Crippen LogP contribution in [0.15, 0.2) is 23.4 Å². The molecule has 0 atom stereocenters. The van der Waals surface area contributed by atoms with Gasteiger partial charge in [0.2, 0.25) is 0 Å². The van der Waals surface area contributed by atoms with E-state index in [1.54, 1.807) is 17.0 Å². The van der Waals surface area contributed by atoms with E-state index < -0.39 is 0 Å². The summed E-state index contributed by atoms with van der Waals surface area (Å²) in [6, 6.07) is 0. The molecule has 2 rings (SSSR count). The summed E-state index contributed by atoms with van der Waals surface area (Å²) in [4.78, 5) is 16.2. The maximum atomic E-state index is 12.1. The third-order valence-corrected chi connectivity index (χ3v) is 3.23. The molecule has 0 bridgehead atoms. The Morgan fingerprint density at radius 1 is 1.45 bits per heavy atom. The minimum Gasteiger partial charge on any atom is -0.365 e. The molecule has 0 aliphatic carbocycles. The van der Waals surface area contributed by atoms with Crippen molar-refractivity contribution in [2.45, 2.75) is 39.7 Å². The Morgan fingerprint density at radius 2 is 2.30 bits per heavy atom. The van der Waals surface area contributed by atoms with Crippen molar-refractivity contribution in [3.63, 3.8) is 0 Å². The van der Waals surface area contributed by atoms with Gasteiger partial charge in [-0.05, 0) is 31.7 Å². The average molecular weight is 275 g/mol. The highest BCUT2D eigenvalue weighted by molar-refractivity contribution is 5.30. The number of hydrogen-bond donors (Lipinski definition) is 2. The summed E-state index contributed by atoms with van der Waals surface area (Å²) in [5.74, 6) is 0.435. The number of hydrogen-bond acceptors (Lipinski definition) is 4. The summed E-state index contributed by atoms with van der Waals surface area (Å²) < 4.78 is 1.69. The van der Waals surface area contributed by atoms with Gasteiger partial charge in [-0.2, -0.15) is 5.10 Å². The molecule has 2 aromatic heterocycles. The number of aryl methyl sites for hydroxylation is 3. The van der Waals surface area contributed by atoms with Crippen molar-refractivity contribution in [1.29, 1.82) is 0 Å². The van der Waals surface area contributed by atoms with E-state index in [0.29, 0.717) is 5.82 Å². The second kappa shape index (κ2) is 6.88. The minimum atomic E-state index is -0.0474. The molecule has 0 spiro atoms. The highest BCUT2D eigenvalue weighted by Gasteiger charge is 2.04. The van der Waals surface area contributed by atoms with Crippen LogP contribution in [0.3, 0.4) is 0 Å². The number of rotatable bonds is 7. The lowest BCUT2D eigenvalue weighted by atomic mass is 10.1. The number of aromatic amines is 1. The van der Waals surface area contributed by atoms with Crippen LogP contribution in [-0.2, 0) is 13.0 Å². The first-order valence-electron chi connectivity index (χ1n) is 7.00. The first kappa shape index (κ1) is 14.3. The number of H-pyrrole nitrogens is 1. The maximum Gasteiger partial charge on any atom is 0.293 e. The molecule has 0 aliphatic heterocycles. The zero-order valence-corrected chi connectivity index (χ0v) is 12.0. The van der Waals surface area contributed by atoms with Crippen LogP contribution in [0.2, 0.25) is 0 Å². The zero-order chi connectivity index (χ0) is 14.4. The van der Waals surface area contributed by atoms with Gasteiger partial charge < -0.3 is 9.88 Å². The van der Waals surface area contributed by atoms with E-state index in [9.17, 15) is 4.79 Å². The van der Waals surface area contributed by atoms with Crippen LogP contribution in [0, 0.1) is 6.92 Å². The van der Waals surface area contributed by atoms with Crippen molar-refractivity contribution in [3.8, 4) is 0 Å². The van der Waals surface area contributed by atoms with E-state index >= 15 is 0 Å². The molecule has 0 amide bonds. The molecule has 0 radical (unpaired) electrons. The first-order chi connectivity index (χ1) is 9.72. The standard InChI is InChI=1S/C14H21N5O/c1-3-8-19-9-7-16-13(14(19)20)15-6-4-5-12-10-17-18-11(12)2/h7,9-10H,3-6,8H2,1-2H3,(H,15,16)(H,17,18). The lowest BCUT2D eigenvalue weighted by molar-refractivity contribution is 0.649. The Bertz CT molecular complexity index is 602. The SMILES string of the molecule is CCCn1ccnc(NCCCc2cn[nH]c2C)c1=O. The Hall–Kier alpha value is -2.11. The predicted octanol–water partition coefficient (Wildman–Crippen LogP) is 1.73. The van der Waals surface area contributed by atoms with Gasteiger partial charge in [0.1, 0.15) is 0 Å². The van der Waals surface area contributed by atoms with Crippen LogP contribution in [0.5, 0.6) is 0 Å². The summed E-state index contributed by atoms with van der Waals surface area (Å²) in [6.45, 7) is 5.51. The monoisotopic (exact) mass is 275 g/mol. The second-order valence-electron chi connectivity index (χ2n) is 4.82. The molecule has 0 aliphatic rings. The van der Waals surface area contributed by atoms with E-state index in [0.717, 1.165) is 38.0 Å². The Morgan fingerprint density at radius 3 is 3.00 bits per heavy atom. The Labute approximate surface area is 118 Å². The number of nitrogens with zero attached hydrogens (tertiary/aromatic N) is 3. The van der Waals surface area contributed by atoms with Crippen LogP contribution in [-0.4, -0.2) is 26.3 Å². The van der Waals surface area contributed by atoms with Crippen LogP contribution in [0.4, 0.5) is 5.82 Å². The highest BCUT2D eigenvalue weighted by atomic mass is 16.1. The van der Waals surface area contributed by atoms with Crippen molar-refractivity contribution in [1.82, 2.24) is 19.7 Å². The van der Waals surface area contributed by atoms with Gasteiger partial charge in [-0.3, -0.25) is 9.89 Å². The van der Waals surface area contributed by atoms with E-state index in [2.05, 4.69) is 20.5 Å². The fraction of sp³-hybridized carbons (Fsp3) is 0.500. The summed E-state index contributed by atoms with van der Waals surface area (Å²) in [6.07, 6.45) is 8.05. The van der Waals surface area contributed by atoms with Gasteiger partial charge in [-0.15, -0.1) is 0 Å². The highest BCUT2D eigenvalue weighted by Crippen LogP contribution is 2.05. The van der Waals surface area contributed by atoms with Gasteiger partial charge in [0.05, 0.1) is 6.20 Å². The molecule has 0 unspecified atom stereocenters. The molecule has 108 valence electrons. The van der Waals surface area contributed by atoms with E-state index in [4.69, 9.17) is 0 Å². The molecule has 0 saturated carbocycles. The maximum absolute atomic E-state index is 12.1. The van der Waals surface area contributed by atoms with Gasteiger partial charge in [0.25, 0.3) is 5.56 Å².